The summed E-state index contributed by atoms with van der Waals surface area (Å²) in [6, 6.07) is 20.6. The highest BCUT2D eigenvalue weighted by atomic mass is 15.1. The Morgan fingerprint density at radius 2 is 1.79 bits per heavy atom. The van der Waals surface area contributed by atoms with Crippen LogP contribution in [0.2, 0.25) is 0 Å². The van der Waals surface area contributed by atoms with Gasteiger partial charge in [0.15, 0.2) is 0 Å². The third kappa shape index (κ3) is 3.08. The first kappa shape index (κ1) is 17.7. The molecule has 0 saturated carbocycles. The van der Waals surface area contributed by atoms with Gasteiger partial charge in [0.25, 0.3) is 0 Å². The quantitative estimate of drug-likeness (QED) is 0.709. The maximum absolute atomic E-state index is 5.00. The molecule has 0 unspecified atom stereocenters. The molecule has 28 heavy (non-hydrogen) atoms. The van der Waals surface area contributed by atoms with E-state index in [4.69, 9.17) is 4.98 Å². The lowest BCUT2D eigenvalue weighted by Gasteiger charge is -2.39. The van der Waals surface area contributed by atoms with Gasteiger partial charge in [-0.25, -0.2) is 4.98 Å². The van der Waals surface area contributed by atoms with Gasteiger partial charge in [-0.15, -0.1) is 0 Å². The molecule has 1 atom stereocenters. The summed E-state index contributed by atoms with van der Waals surface area (Å²) in [7, 11) is 0. The molecule has 2 aliphatic heterocycles. The number of piperidine rings is 1. The van der Waals surface area contributed by atoms with Crippen LogP contribution in [-0.4, -0.2) is 22.6 Å². The van der Waals surface area contributed by atoms with E-state index in [-0.39, 0.29) is 5.41 Å². The molecule has 3 heteroatoms. The molecule has 5 rings (SSSR count). The van der Waals surface area contributed by atoms with Crippen LogP contribution in [-0.2, 0) is 18.3 Å². The Hall–Kier alpha value is -2.39. The lowest BCUT2D eigenvalue weighted by Crippen LogP contribution is -2.43. The minimum absolute atomic E-state index is 0.0324. The van der Waals surface area contributed by atoms with Gasteiger partial charge in [0, 0.05) is 18.4 Å². The van der Waals surface area contributed by atoms with Crippen molar-refractivity contribution in [2.24, 2.45) is 0 Å². The van der Waals surface area contributed by atoms with Crippen LogP contribution in [0.4, 0.5) is 0 Å². The van der Waals surface area contributed by atoms with E-state index in [2.05, 4.69) is 70.7 Å². The second-order valence-electron chi connectivity index (χ2n) is 8.38. The van der Waals surface area contributed by atoms with Gasteiger partial charge < -0.3 is 9.88 Å². The van der Waals surface area contributed by atoms with E-state index in [1.165, 1.54) is 41.8 Å². The molecule has 1 N–H and O–H groups in total. The number of fused-ring (bicyclic) bond motifs is 4. The fraction of sp³-hybridized carbons (Fsp3) is 0.400. The molecule has 3 nitrogen and oxygen atoms in total. The van der Waals surface area contributed by atoms with Gasteiger partial charge in [0.1, 0.15) is 5.82 Å². The SMILES string of the molecule is c1ccc(C[C@H]2CCCc3ccccc3C3(CCNCC3)c3nccn32)cc1. The first-order valence-electron chi connectivity index (χ1n) is 10.7. The van der Waals surface area contributed by atoms with Gasteiger partial charge in [-0.3, -0.25) is 0 Å². The molecule has 2 aromatic carbocycles. The lowest BCUT2D eigenvalue weighted by molar-refractivity contribution is 0.320. The Balaban J connectivity index is 1.63. The van der Waals surface area contributed by atoms with E-state index in [1.54, 1.807) is 0 Å². The van der Waals surface area contributed by atoms with E-state index >= 15 is 0 Å². The molecule has 1 fully saturated rings. The molecule has 1 saturated heterocycles. The molecule has 0 radical (unpaired) electrons. The predicted octanol–water partition coefficient (Wildman–Crippen LogP) is 4.67. The van der Waals surface area contributed by atoms with Crippen molar-refractivity contribution in [3.05, 3.63) is 89.5 Å². The number of nitrogens with one attached hydrogen (secondary N) is 1. The summed E-state index contributed by atoms with van der Waals surface area (Å²) < 4.78 is 2.53. The highest BCUT2D eigenvalue weighted by molar-refractivity contribution is 5.41. The zero-order valence-electron chi connectivity index (χ0n) is 16.5. The highest BCUT2D eigenvalue weighted by Crippen LogP contribution is 2.43. The summed E-state index contributed by atoms with van der Waals surface area (Å²) in [5.74, 6) is 1.28. The van der Waals surface area contributed by atoms with Gasteiger partial charge >= 0.3 is 0 Å². The summed E-state index contributed by atoms with van der Waals surface area (Å²) in [5.41, 5.74) is 4.50. The zero-order chi connectivity index (χ0) is 18.8. The number of rotatable bonds is 2. The summed E-state index contributed by atoms with van der Waals surface area (Å²) >= 11 is 0. The van der Waals surface area contributed by atoms with Crippen molar-refractivity contribution < 1.29 is 0 Å². The van der Waals surface area contributed by atoms with Crippen molar-refractivity contribution in [1.29, 1.82) is 0 Å². The van der Waals surface area contributed by atoms with Crippen molar-refractivity contribution in [3.63, 3.8) is 0 Å². The van der Waals surface area contributed by atoms with Crippen molar-refractivity contribution in [2.45, 2.75) is 50.0 Å². The number of aryl methyl sites for hydroxylation is 1. The molecular formula is C25H29N3. The van der Waals surface area contributed by atoms with Crippen LogP contribution in [0.15, 0.2) is 67.0 Å². The molecule has 1 aromatic heterocycles. The Labute approximate surface area is 167 Å². The molecule has 0 amide bonds. The van der Waals surface area contributed by atoms with Crippen molar-refractivity contribution >= 4 is 0 Å². The second kappa shape index (κ2) is 7.56. The minimum atomic E-state index is 0.0324. The average molecular weight is 372 g/mol. The molecule has 0 aliphatic carbocycles. The maximum Gasteiger partial charge on any atom is 0.119 e. The normalized spacial score (nSPS) is 21.2. The number of benzene rings is 2. The maximum atomic E-state index is 5.00. The van der Waals surface area contributed by atoms with E-state index in [0.29, 0.717) is 6.04 Å². The number of imidazole rings is 1. The third-order valence-corrected chi connectivity index (χ3v) is 6.78. The van der Waals surface area contributed by atoms with Crippen LogP contribution in [0.3, 0.4) is 0 Å². The van der Waals surface area contributed by atoms with Crippen molar-refractivity contribution in [3.8, 4) is 0 Å². The Bertz CT molecular complexity index is 922. The van der Waals surface area contributed by atoms with Crippen LogP contribution in [0.5, 0.6) is 0 Å². The molecule has 2 aliphatic rings. The largest absolute Gasteiger partial charge is 0.331 e. The number of nitrogens with zero attached hydrogens (tertiary/aromatic N) is 2. The van der Waals surface area contributed by atoms with Crippen molar-refractivity contribution in [2.75, 3.05) is 13.1 Å². The Morgan fingerprint density at radius 1 is 1.00 bits per heavy atom. The fourth-order valence-corrected chi connectivity index (χ4v) is 5.40. The highest BCUT2D eigenvalue weighted by Gasteiger charge is 2.41. The molecule has 144 valence electrons. The Morgan fingerprint density at radius 3 is 2.64 bits per heavy atom. The van der Waals surface area contributed by atoms with Crippen molar-refractivity contribution in [1.82, 2.24) is 14.9 Å². The lowest BCUT2D eigenvalue weighted by atomic mass is 9.70. The number of hydrogen-bond acceptors (Lipinski definition) is 2. The van der Waals surface area contributed by atoms with E-state index in [1.807, 2.05) is 6.20 Å². The first-order valence-corrected chi connectivity index (χ1v) is 10.7. The van der Waals surface area contributed by atoms with Gasteiger partial charge in [-0.2, -0.15) is 0 Å². The van der Waals surface area contributed by atoms with Gasteiger partial charge in [-0.1, -0.05) is 54.6 Å². The number of aromatic nitrogens is 2. The molecule has 3 aromatic rings. The summed E-state index contributed by atoms with van der Waals surface area (Å²) in [5, 5.41) is 3.58. The van der Waals surface area contributed by atoms with Crippen LogP contribution >= 0.6 is 0 Å². The van der Waals surface area contributed by atoms with Crippen LogP contribution in [0, 0.1) is 0 Å². The standard InChI is InChI=1S/C25H29N3/c1-2-7-20(8-3-1)19-22-11-6-10-21-9-4-5-12-23(21)25(13-15-26-16-14-25)24-27-17-18-28(22)24/h1-5,7-9,12,17-18,22,26H,6,10-11,13-16,19H2/t22-/m1/s1. The first-order chi connectivity index (χ1) is 13.9. The average Bonchev–Trinajstić information content (AvgIpc) is 3.25. The monoisotopic (exact) mass is 371 g/mol. The van der Waals surface area contributed by atoms with E-state index in [9.17, 15) is 0 Å². The minimum Gasteiger partial charge on any atom is -0.331 e. The van der Waals surface area contributed by atoms with E-state index in [0.717, 1.165) is 32.4 Å². The third-order valence-electron chi connectivity index (χ3n) is 6.78. The van der Waals surface area contributed by atoms with Gasteiger partial charge in [-0.05, 0) is 68.3 Å². The molecule has 0 bridgehead atoms. The van der Waals surface area contributed by atoms with Gasteiger partial charge in [0.05, 0.1) is 5.41 Å². The summed E-state index contributed by atoms with van der Waals surface area (Å²) in [6.45, 7) is 2.12. The smallest absolute Gasteiger partial charge is 0.119 e. The Kier molecular flexibility index (Phi) is 4.77. The van der Waals surface area contributed by atoms with Crippen LogP contribution in [0.25, 0.3) is 0 Å². The van der Waals surface area contributed by atoms with Gasteiger partial charge in [0.2, 0.25) is 0 Å². The van der Waals surface area contributed by atoms with Crippen LogP contribution < -0.4 is 5.32 Å². The molecule has 3 heterocycles. The topological polar surface area (TPSA) is 29.9 Å². The molecular weight excluding hydrogens is 342 g/mol. The second-order valence-corrected chi connectivity index (χ2v) is 8.38. The number of hydrogen-bond donors (Lipinski definition) is 1. The van der Waals surface area contributed by atoms with Crippen LogP contribution in [0.1, 0.15) is 54.2 Å². The van der Waals surface area contributed by atoms with E-state index < -0.39 is 0 Å². The summed E-state index contributed by atoms with van der Waals surface area (Å²) in [6.07, 6.45) is 11.2. The molecule has 1 spiro atoms. The zero-order valence-corrected chi connectivity index (χ0v) is 16.5. The fourth-order valence-electron chi connectivity index (χ4n) is 5.40. The predicted molar refractivity (Wildman–Crippen MR) is 114 cm³/mol. The summed E-state index contributed by atoms with van der Waals surface area (Å²) in [4.78, 5) is 5.00.